The summed E-state index contributed by atoms with van der Waals surface area (Å²) in [6.07, 6.45) is 7.76. The Morgan fingerprint density at radius 1 is 1.13 bits per heavy atom. The van der Waals surface area contributed by atoms with Gasteiger partial charge in [-0.1, -0.05) is 12.1 Å². The smallest absolute Gasteiger partial charge is 0.205 e. The molecule has 4 rings (SSSR count). The van der Waals surface area contributed by atoms with Gasteiger partial charge in [0.2, 0.25) is 5.88 Å². The molecule has 7 nitrogen and oxygen atoms in total. The highest BCUT2D eigenvalue weighted by Crippen LogP contribution is 2.40. The van der Waals surface area contributed by atoms with Crippen molar-refractivity contribution in [2.45, 2.75) is 32.2 Å². The van der Waals surface area contributed by atoms with Crippen molar-refractivity contribution in [2.24, 2.45) is 11.5 Å². The number of nitrogens with two attached hydrogens (primary N) is 2. The SMILES string of the molecule is CC1=C(C(N)Cc2ccncc2)C(c2ccc(-n3ccnc3C)cc2)C(C#N)=C(N)O1. The summed E-state index contributed by atoms with van der Waals surface area (Å²) in [5, 5.41) is 9.86. The lowest BCUT2D eigenvalue weighted by Crippen LogP contribution is -2.33. The summed E-state index contributed by atoms with van der Waals surface area (Å²) in [4.78, 5) is 8.34. The molecule has 0 amide bonds. The third-order valence-corrected chi connectivity index (χ3v) is 5.59. The molecule has 1 aromatic carbocycles. The largest absolute Gasteiger partial charge is 0.445 e. The summed E-state index contributed by atoms with van der Waals surface area (Å²) in [6.45, 7) is 3.80. The maximum Gasteiger partial charge on any atom is 0.205 e. The number of benzene rings is 1. The summed E-state index contributed by atoms with van der Waals surface area (Å²) in [7, 11) is 0. The molecule has 2 atom stereocenters. The zero-order valence-electron chi connectivity index (χ0n) is 17.5. The normalized spacial score (nSPS) is 17.3. The summed E-state index contributed by atoms with van der Waals surface area (Å²) in [5.74, 6) is 1.29. The molecule has 0 fully saturated rings. The highest BCUT2D eigenvalue weighted by Gasteiger charge is 2.34. The number of nitriles is 1. The van der Waals surface area contributed by atoms with Crippen LogP contribution >= 0.6 is 0 Å². The van der Waals surface area contributed by atoms with Gasteiger partial charge < -0.3 is 20.8 Å². The molecular formula is C24H24N6O. The molecule has 1 aliphatic rings. The first-order chi connectivity index (χ1) is 15.0. The molecule has 4 N–H and O–H groups in total. The van der Waals surface area contributed by atoms with Crippen LogP contribution in [0.3, 0.4) is 0 Å². The first kappa shape index (κ1) is 20.4. The van der Waals surface area contributed by atoms with Crippen LogP contribution in [0.2, 0.25) is 0 Å². The Morgan fingerprint density at radius 3 is 2.45 bits per heavy atom. The second-order valence-corrected chi connectivity index (χ2v) is 7.54. The van der Waals surface area contributed by atoms with E-state index < -0.39 is 0 Å². The van der Waals surface area contributed by atoms with Gasteiger partial charge in [0.05, 0.1) is 5.92 Å². The molecule has 3 heterocycles. The quantitative estimate of drug-likeness (QED) is 0.665. The molecule has 2 unspecified atom stereocenters. The molecule has 0 aliphatic carbocycles. The van der Waals surface area contributed by atoms with Gasteiger partial charge in [0.15, 0.2) is 0 Å². The number of hydrogen-bond acceptors (Lipinski definition) is 6. The van der Waals surface area contributed by atoms with Gasteiger partial charge in [-0.05, 0) is 61.2 Å². The van der Waals surface area contributed by atoms with Crippen LogP contribution in [0.15, 0.2) is 84.0 Å². The van der Waals surface area contributed by atoms with Gasteiger partial charge in [-0.25, -0.2) is 4.98 Å². The average Bonchev–Trinajstić information content (AvgIpc) is 3.20. The number of hydrogen-bond donors (Lipinski definition) is 2. The van der Waals surface area contributed by atoms with Crippen LogP contribution in [-0.4, -0.2) is 20.6 Å². The number of imidazole rings is 1. The Labute approximate surface area is 181 Å². The Balaban J connectivity index is 1.73. The third-order valence-electron chi connectivity index (χ3n) is 5.59. The Bertz CT molecular complexity index is 1180. The summed E-state index contributed by atoms with van der Waals surface area (Å²) >= 11 is 0. The van der Waals surface area contributed by atoms with Gasteiger partial charge in [0.25, 0.3) is 0 Å². The van der Waals surface area contributed by atoms with Gasteiger partial charge >= 0.3 is 0 Å². The number of pyridine rings is 1. The van der Waals surface area contributed by atoms with Crippen LogP contribution in [0, 0.1) is 18.3 Å². The fourth-order valence-electron chi connectivity index (χ4n) is 4.08. The van der Waals surface area contributed by atoms with E-state index in [1.165, 1.54) is 0 Å². The van der Waals surface area contributed by atoms with E-state index >= 15 is 0 Å². The van der Waals surface area contributed by atoms with Gasteiger partial charge in [0, 0.05) is 36.5 Å². The Morgan fingerprint density at radius 2 is 1.84 bits per heavy atom. The number of allylic oxidation sites excluding steroid dienone is 2. The third kappa shape index (κ3) is 3.93. The van der Waals surface area contributed by atoms with Crippen molar-refractivity contribution < 1.29 is 4.74 Å². The Kier molecular flexibility index (Phi) is 5.56. The molecule has 2 aromatic heterocycles. The maximum absolute atomic E-state index is 9.86. The van der Waals surface area contributed by atoms with Crippen LogP contribution < -0.4 is 11.5 Å². The van der Waals surface area contributed by atoms with E-state index in [1.54, 1.807) is 18.6 Å². The minimum absolute atomic E-state index is 0.124. The molecule has 0 bridgehead atoms. The van der Waals surface area contributed by atoms with Crippen molar-refractivity contribution in [1.29, 1.82) is 5.26 Å². The second kappa shape index (κ2) is 8.46. The molecule has 1 aliphatic heterocycles. The minimum atomic E-state index is -0.367. The van der Waals surface area contributed by atoms with E-state index in [0.29, 0.717) is 17.8 Å². The maximum atomic E-state index is 9.86. The van der Waals surface area contributed by atoms with E-state index in [9.17, 15) is 5.26 Å². The summed E-state index contributed by atoms with van der Waals surface area (Å²) in [5.41, 5.74) is 16.9. The van der Waals surface area contributed by atoms with Gasteiger partial charge in [0.1, 0.15) is 23.2 Å². The highest BCUT2D eigenvalue weighted by molar-refractivity contribution is 5.52. The van der Waals surface area contributed by atoms with Gasteiger partial charge in [-0.2, -0.15) is 5.26 Å². The lowest BCUT2D eigenvalue weighted by atomic mass is 9.78. The molecule has 31 heavy (non-hydrogen) atoms. The van der Waals surface area contributed by atoms with Gasteiger partial charge in [-0.15, -0.1) is 0 Å². The van der Waals surface area contributed by atoms with E-state index in [1.807, 2.05) is 61.0 Å². The van der Waals surface area contributed by atoms with Crippen molar-refractivity contribution in [3.05, 3.63) is 101 Å². The van der Waals surface area contributed by atoms with Crippen LogP contribution in [0.4, 0.5) is 0 Å². The number of rotatable bonds is 5. The van der Waals surface area contributed by atoms with Crippen LogP contribution in [0.1, 0.15) is 29.8 Å². The molecule has 156 valence electrons. The van der Waals surface area contributed by atoms with Crippen molar-refractivity contribution >= 4 is 0 Å². The van der Waals surface area contributed by atoms with E-state index in [2.05, 4.69) is 16.0 Å². The molecule has 7 heteroatoms. The monoisotopic (exact) mass is 412 g/mol. The first-order valence-corrected chi connectivity index (χ1v) is 10.0. The van der Waals surface area contributed by atoms with Gasteiger partial charge in [-0.3, -0.25) is 4.98 Å². The first-order valence-electron chi connectivity index (χ1n) is 10.0. The van der Waals surface area contributed by atoms with E-state index in [4.69, 9.17) is 16.2 Å². The predicted octanol–water partition coefficient (Wildman–Crippen LogP) is 3.23. The number of nitrogens with zero attached hydrogens (tertiary/aromatic N) is 4. The van der Waals surface area contributed by atoms with Crippen molar-refractivity contribution in [3.63, 3.8) is 0 Å². The topological polar surface area (TPSA) is 116 Å². The highest BCUT2D eigenvalue weighted by atomic mass is 16.5. The average molecular weight is 412 g/mol. The van der Waals surface area contributed by atoms with Crippen LogP contribution in [0.25, 0.3) is 5.69 Å². The van der Waals surface area contributed by atoms with Crippen molar-refractivity contribution in [1.82, 2.24) is 14.5 Å². The minimum Gasteiger partial charge on any atom is -0.445 e. The molecule has 0 saturated heterocycles. The molecule has 0 spiro atoms. The number of aryl methyl sites for hydroxylation is 1. The van der Waals surface area contributed by atoms with E-state index in [0.717, 1.165) is 28.2 Å². The fourth-order valence-corrected chi connectivity index (χ4v) is 4.08. The Hall–Kier alpha value is -3.89. The van der Waals surface area contributed by atoms with Crippen molar-refractivity contribution in [3.8, 4) is 11.8 Å². The molecular weight excluding hydrogens is 388 g/mol. The van der Waals surface area contributed by atoms with Crippen molar-refractivity contribution in [2.75, 3.05) is 0 Å². The van der Waals surface area contributed by atoms with Crippen LogP contribution in [0.5, 0.6) is 0 Å². The molecule has 3 aromatic rings. The predicted molar refractivity (Wildman–Crippen MR) is 118 cm³/mol. The number of ether oxygens (including phenoxy) is 1. The summed E-state index contributed by atoms with van der Waals surface area (Å²) in [6, 6.07) is 13.8. The molecule has 0 saturated carbocycles. The van der Waals surface area contributed by atoms with E-state index in [-0.39, 0.29) is 17.8 Å². The zero-order chi connectivity index (χ0) is 22.0. The zero-order valence-corrected chi connectivity index (χ0v) is 17.5. The lowest BCUT2D eigenvalue weighted by molar-refractivity contribution is 0.275. The second-order valence-electron chi connectivity index (χ2n) is 7.54. The standard InChI is InChI=1S/C24H24N6O/c1-15-22(21(26)13-17-7-9-28-10-8-17)23(20(14-25)24(27)31-15)18-3-5-19(6-4-18)30-12-11-29-16(30)2/h3-12,21,23H,13,26-27H2,1-2H3. The molecule has 0 radical (unpaired) electrons. The fraction of sp³-hybridized carbons (Fsp3) is 0.208. The summed E-state index contributed by atoms with van der Waals surface area (Å²) < 4.78 is 7.72. The van der Waals surface area contributed by atoms with Crippen LogP contribution in [-0.2, 0) is 11.2 Å². The number of aromatic nitrogens is 3. The lowest BCUT2D eigenvalue weighted by Gasteiger charge is -2.31.